The van der Waals surface area contributed by atoms with Crippen LogP contribution in [0.1, 0.15) is 22.3 Å². The molecule has 0 radical (unpaired) electrons. The minimum Gasteiger partial charge on any atom is -0.489 e. The van der Waals surface area contributed by atoms with Crippen LogP contribution in [0.25, 0.3) is 10.9 Å². The molecular weight excluding hydrogens is 450 g/mol. The Morgan fingerprint density at radius 1 is 0.889 bits per heavy atom. The van der Waals surface area contributed by atoms with E-state index in [0.717, 1.165) is 27.8 Å². The van der Waals surface area contributed by atoms with Gasteiger partial charge in [-0.15, -0.1) is 0 Å². The number of H-pyrrole nitrogens is 1. The van der Waals surface area contributed by atoms with Crippen LogP contribution in [0.15, 0.2) is 120 Å². The highest BCUT2D eigenvalue weighted by Crippen LogP contribution is 2.30. The summed E-state index contributed by atoms with van der Waals surface area (Å²) < 4.78 is 5.95. The summed E-state index contributed by atoms with van der Waals surface area (Å²) in [6, 6.07) is 33.4. The molecule has 5 rings (SSSR count). The van der Waals surface area contributed by atoms with Gasteiger partial charge in [0.05, 0.1) is 6.21 Å². The zero-order chi connectivity index (χ0) is 24.8. The van der Waals surface area contributed by atoms with Gasteiger partial charge in [0, 0.05) is 22.7 Å². The molecule has 5 aromatic rings. The van der Waals surface area contributed by atoms with E-state index in [-0.39, 0.29) is 0 Å². The van der Waals surface area contributed by atoms with E-state index in [9.17, 15) is 9.90 Å². The van der Waals surface area contributed by atoms with Crippen molar-refractivity contribution in [1.82, 2.24) is 10.4 Å². The molecule has 0 aliphatic rings. The van der Waals surface area contributed by atoms with Crippen LogP contribution >= 0.6 is 0 Å². The predicted octanol–water partition coefficient (Wildman–Crippen LogP) is 5.13. The lowest BCUT2D eigenvalue weighted by Crippen LogP contribution is -2.43. The van der Waals surface area contributed by atoms with Crippen molar-refractivity contribution in [3.63, 3.8) is 0 Å². The molecule has 6 heteroatoms. The van der Waals surface area contributed by atoms with E-state index < -0.39 is 11.5 Å². The summed E-state index contributed by atoms with van der Waals surface area (Å²) in [5.41, 5.74) is 4.32. The molecule has 0 fully saturated rings. The second kappa shape index (κ2) is 10.3. The van der Waals surface area contributed by atoms with Crippen LogP contribution in [0.5, 0.6) is 5.75 Å². The Kier molecular flexibility index (Phi) is 6.60. The molecule has 0 saturated carbocycles. The average Bonchev–Trinajstić information content (AvgIpc) is 3.35. The molecule has 0 aliphatic heterocycles. The van der Waals surface area contributed by atoms with Crippen LogP contribution in [-0.2, 0) is 17.0 Å². The molecule has 4 aromatic carbocycles. The molecule has 178 valence electrons. The Morgan fingerprint density at radius 3 is 2.14 bits per heavy atom. The average molecular weight is 476 g/mol. The number of aliphatic hydroxyl groups is 1. The summed E-state index contributed by atoms with van der Waals surface area (Å²) in [4.78, 5) is 16.4. The molecule has 3 N–H and O–H groups in total. The minimum atomic E-state index is -1.89. The van der Waals surface area contributed by atoms with Gasteiger partial charge in [-0.1, -0.05) is 91.0 Å². The summed E-state index contributed by atoms with van der Waals surface area (Å²) >= 11 is 0. The first kappa shape index (κ1) is 23.1. The molecule has 1 heterocycles. The maximum Gasteiger partial charge on any atom is 0.281 e. The number of nitrogens with one attached hydrogen (secondary N) is 2. The molecule has 0 unspecified atom stereocenters. The summed E-state index contributed by atoms with van der Waals surface area (Å²) in [7, 11) is 0. The molecule has 0 bridgehead atoms. The zero-order valence-corrected chi connectivity index (χ0v) is 19.5. The lowest BCUT2D eigenvalue weighted by atomic mass is 9.85. The lowest BCUT2D eigenvalue weighted by Gasteiger charge is -2.27. The van der Waals surface area contributed by atoms with E-state index in [1.54, 1.807) is 54.7 Å². The second-order valence-electron chi connectivity index (χ2n) is 8.37. The summed E-state index contributed by atoms with van der Waals surface area (Å²) in [5, 5.41) is 16.6. The number of nitrogens with zero attached hydrogens (tertiary/aromatic N) is 1. The molecule has 1 aromatic heterocycles. The van der Waals surface area contributed by atoms with Gasteiger partial charge in [0.15, 0.2) is 5.60 Å². The molecule has 36 heavy (non-hydrogen) atoms. The van der Waals surface area contributed by atoms with Crippen molar-refractivity contribution < 1.29 is 14.6 Å². The molecule has 0 aliphatic carbocycles. The quantitative estimate of drug-likeness (QED) is 0.215. The fraction of sp³-hybridized carbons (Fsp3) is 0.0667. The van der Waals surface area contributed by atoms with Crippen molar-refractivity contribution in [2.45, 2.75) is 12.2 Å². The van der Waals surface area contributed by atoms with E-state index in [1.165, 1.54) is 0 Å². The maximum absolute atomic E-state index is 13.2. The van der Waals surface area contributed by atoms with Crippen LogP contribution in [0, 0.1) is 0 Å². The molecule has 0 saturated heterocycles. The first-order valence-electron chi connectivity index (χ1n) is 11.6. The monoisotopic (exact) mass is 475 g/mol. The highest BCUT2D eigenvalue weighted by Gasteiger charge is 2.39. The summed E-state index contributed by atoms with van der Waals surface area (Å²) in [6.07, 6.45) is 3.36. The lowest BCUT2D eigenvalue weighted by molar-refractivity contribution is -0.136. The maximum atomic E-state index is 13.2. The normalized spacial score (nSPS) is 11.6. The van der Waals surface area contributed by atoms with Crippen molar-refractivity contribution in [2.24, 2.45) is 5.10 Å². The Hall–Kier alpha value is -4.68. The van der Waals surface area contributed by atoms with Crippen molar-refractivity contribution in [3.05, 3.63) is 138 Å². The van der Waals surface area contributed by atoms with Gasteiger partial charge in [-0.3, -0.25) is 4.79 Å². The van der Waals surface area contributed by atoms with Gasteiger partial charge in [0.1, 0.15) is 12.4 Å². The SMILES string of the molecule is O=C(N/N=C\c1c[nH]c2ccc(OCc3ccccc3)cc12)C(O)(c1ccccc1)c1ccccc1. The molecule has 6 nitrogen and oxygen atoms in total. The Labute approximate surface area is 208 Å². The minimum absolute atomic E-state index is 0.455. The number of aromatic amines is 1. The largest absolute Gasteiger partial charge is 0.489 e. The van der Waals surface area contributed by atoms with Gasteiger partial charge in [0.25, 0.3) is 5.91 Å². The number of carbonyl (C=O) groups excluding carboxylic acids is 1. The highest BCUT2D eigenvalue weighted by molar-refractivity contribution is 6.00. The number of hydrazone groups is 1. The number of benzene rings is 4. The van der Waals surface area contributed by atoms with Gasteiger partial charge >= 0.3 is 0 Å². The first-order chi connectivity index (χ1) is 17.6. The highest BCUT2D eigenvalue weighted by atomic mass is 16.5. The van der Waals surface area contributed by atoms with Crippen molar-refractivity contribution in [1.29, 1.82) is 0 Å². The van der Waals surface area contributed by atoms with E-state index in [1.807, 2.05) is 66.9 Å². The van der Waals surface area contributed by atoms with Crippen molar-refractivity contribution in [3.8, 4) is 5.75 Å². The number of aromatic nitrogens is 1. The third kappa shape index (κ3) is 4.76. The number of amides is 1. The zero-order valence-electron chi connectivity index (χ0n) is 19.5. The number of ether oxygens (including phenoxy) is 1. The van der Waals surface area contributed by atoms with Gasteiger partial charge in [-0.2, -0.15) is 5.10 Å². The number of carbonyl (C=O) groups is 1. The molecule has 0 atom stereocenters. The Balaban J connectivity index is 1.35. The van der Waals surface area contributed by atoms with E-state index >= 15 is 0 Å². The fourth-order valence-electron chi connectivity index (χ4n) is 4.09. The van der Waals surface area contributed by atoms with Gasteiger partial charge in [-0.25, -0.2) is 5.43 Å². The van der Waals surface area contributed by atoms with Gasteiger partial charge in [-0.05, 0) is 34.9 Å². The third-order valence-electron chi connectivity index (χ3n) is 6.02. The van der Waals surface area contributed by atoms with E-state index in [2.05, 4.69) is 15.5 Å². The Morgan fingerprint density at radius 2 is 1.50 bits per heavy atom. The van der Waals surface area contributed by atoms with Crippen LogP contribution in [0.2, 0.25) is 0 Å². The first-order valence-corrected chi connectivity index (χ1v) is 11.6. The molecule has 1 amide bonds. The van der Waals surface area contributed by atoms with Crippen molar-refractivity contribution >= 4 is 23.0 Å². The number of rotatable bonds is 8. The third-order valence-corrected chi connectivity index (χ3v) is 6.02. The van der Waals surface area contributed by atoms with E-state index in [0.29, 0.717) is 17.7 Å². The van der Waals surface area contributed by atoms with Gasteiger partial charge < -0.3 is 14.8 Å². The van der Waals surface area contributed by atoms with Crippen LogP contribution in [-0.4, -0.2) is 22.2 Å². The summed E-state index contributed by atoms with van der Waals surface area (Å²) in [5.74, 6) is 0.0787. The fourth-order valence-corrected chi connectivity index (χ4v) is 4.09. The van der Waals surface area contributed by atoms with Crippen molar-refractivity contribution in [2.75, 3.05) is 0 Å². The predicted molar refractivity (Wildman–Crippen MR) is 141 cm³/mol. The topological polar surface area (TPSA) is 86.7 Å². The smallest absolute Gasteiger partial charge is 0.281 e. The number of hydrogen-bond acceptors (Lipinski definition) is 4. The molecular formula is C30H25N3O3. The standard InChI is InChI=1S/C30H25N3O3/c34-29(30(35,24-12-6-2-7-13-24)25-14-8-3-9-15-25)33-32-20-23-19-31-28-17-16-26(18-27(23)28)36-21-22-10-4-1-5-11-22/h1-20,31,35H,21H2,(H,33,34)/b32-20-. The van der Waals surface area contributed by atoms with Gasteiger partial charge in [0.2, 0.25) is 0 Å². The second-order valence-corrected chi connectivity index (χ2v) is 8.37. The van der Waals surface area contributed by atoms with E-state index in [4.69, 9.17) is 4.74 Å². The number of fused-ring (bicyclic) bond motifs is 1. The molecule has 0 spiro atoms. The Bertz CT molecular complexity index is 1440. The number of hydrogen-bond donors (Lipinski definition) is 3. The van der Waals surface area contributed by atoms with Crippen LogP contribution in [0.4, 0.5) is 0 Å². The van der Waals surface area contributed by atoms with Crippen LogP contribution in [0.3, 0.4) is 0 Å². The summed E-state index contributed by atoms with van der Waals surface area (Å²) in [6.45, 7) is 0.466. The van der Waals surface area contributed by atoms with Crippen LogP contribution < -0.4 is 10.2 Å².